The molecule has 0 spiro atoms. The second-order valence-corrected chi connectivity index (χ2v) is 7.07. The van der Waals surface area contributed by atoms with Crippen LogP contribution in [0.15, 0.2) is 53.7 Å². The molecule has 7 nitrogen and oxygen atoms in total. The molecule has 0 aliphatic rings. The van der Waals surface area contributed by atoms with Crippen molar-refractivity contribution in [1.29, 1.82) is 0 Å². The quantitative estimate of drug-likeness (QED) is 0.736. The first-order valence-electron chi connectivity index (χ1n) is 7.29. The van der Waals surface area contributed by atoms with Crippen molar-refractivity contribution in [2.24, 2.45) is 0 Å². The summed E-state index contributed by atoms with van der Waals surface area (Å²) < 4.78 is 28.1. The fourth-order valence-electron chi connectivity index (χ4n) is 1.86. The van der Waals surface area contributed by atoms with Gasteiger partial charge in [-0.1, -0.05) is 0 Å². The van der Waals surface area contributed by atoms with Crippen LogP contribution in [0.4, 0.5) is 4.79 Å². The van der Waals surface area contributed by atoms with E-state index < -0.39 is 9.84 Å². The van der Waals surface area contributed by atoms with Gasteiger partial charge in [-0.3, -0.25) is 4.98 Å². The summed E-state index contributed by atoms with van der Waals surface area (Å²) in [5, 5.41) is 5.39. The van der Waals surface area contributed by atoms with Crippen LogP contribution in [0.1, 0.15) is 5.56 Å². The number of nitrogens with zero attached hydrogens (tertiary/aromatic N) is 1. The van der Waals surface area contributed by atoms with Crippen LogP contribution >= 0.6 is 0 Å². The Bertz CT molecular complexity index is 762. The van der Waals surface area contributed by atoms with Crippen molar-refractivity contribution in [2.45, 2.75) is 11.4 Å². The molecule has 2 N–H and O–H groups in total. The number of sulfone groups is 1. The summed E-state index contributed by atoms with van der Waals surface area (Å²) >= 11 is 0. The number of hydrogen-bond donors (Lipinski definition) is 2. The molecule has 1 aromatic carbocycles. The highest BCUT2D eigenvalue weighted by atomic mass is 32.2. The molecule has 2 aromatic rings. The molecule has 0 saturated heterocycles. The normalized spacial score (nSPS) is 10.9. The lowest BCUT2D eigenvalue weighted by atomic mass is 10.3. The molecule has 0 bridgehead atoms. The van der Waals surface area contributed by atoms with Crippen LogP contribution in [-0.2, 0) is 16.4 Å². The molecular weight excluding hydrogens is 330 g/mol. The first kappa shape index (κ1) is 17.7. The van der Waals surface area contributed by atoms with Gasteiger partial charge in [-0.15, -0.1) is 0 Å². The van der Waals surface area contributed by atoms with Crippen LogP contribution in [0.25, 0.3) is 0 Å². The minimum atomic E-state index is -3.21. The van der Waals surface area contributed by atoms with Crippen molar-refractivity contribution in [3.05, 3.63) is 54.4 Å². The molecule has 0 unspecified atom stereocenters. The fourth-order valence-corrected chi connectivity index (χ4v) is 2.49. The minimum Gasteiger partial charge on any atom is -0.492 e. The molecule has 0 saturated carbocycles. The molecule has 0 radical (unpaired) electrons. The zero-order valence-electron chi connectivity index (χ0n) is 13.2. The van der Waals surface area contributed by atoms with Gasteiger partial charge in [0.1, 0.15) is 12.4 Å². The maximum atomic E-state index is 11.6. The summed E-state index contributed by atoms with van der Waals surface area (Å²) in [6.07, 6.45) is 4.48. The lowest BCUT2D eigenvalue weighted by molar-refractivity contribution is 0.236. The maximum absolute atomic E-state index is 11.6. The summed E-state index contributed by atoms with van der Waals surface area (Å²) in [6.45, 7) is 1.03. The molecule has 1 aromatic heterocycles. The molecule has 2 amide bonds. The number of aromatic nitrogens is 1. The third kappa shape index (κ3) is 5.88. The SMILES string of the molecule is CS(=O)(=O)c1ccc(OCCNC(=O)NCc2ccncc2)cc1. The van der Waals surface area contributed by atoms with Crippen molar-refractivity contribution in [3.63, 3.8) is 0 Å². The van der Waals surface area contributed by atoms with Gasteiger partial charge in [0.25, 0.3) is 0 Å². The van der Waals surface area contributed by atoms with Gasteiger partial charge in [-0.25, -0.2) is 13.2 Å². The maximum Gasteiger partial charge on any atom is 0.315 e. The highest BCUT2D eigenvalue weighted by Crippen LogP contribution is 2.15. The Morgan fingerprint density at radius 2 is 1.75 bits per heavy atom. The van der Waals surface area contributed by atoms with Gasteiger partial charge in [-0.05, 0) is 42.0 Å². The molecule has 0 atom stereocenters. The van der Waals surface area contributed by atoms with E-state index in [1.807, 2.05) is 12.1 Å². The number of benzene rings is 1. The summed E-state index contributed by atoms with van der Waals surface area (Å²) in [7, 11) is -3.21. The Kier molecular flexibility index (Phi) is 6.14. The lowest BCUT2D eigenvalue weighted by Crippen LogP contribution is -2.37. The number of ether oxygens (including phenoxy) is 1. The van der Waals surface area contributed by atoms with Crippen molar-refractivity contribution < 1.29 is 17.9 Å². The second kappa shape index (κ2) is 8.30. The van der Waals surface area contributed by atoms with Crippen LogP contribution in [-0.4, -0.2) is 38.8 Å². The van der Waals surface area contributed by atoms with Crippen LogP contribution in [0, 0.1) is 0 Å². The van der Waals surface area contributed by atoms with Gasteiger partial charge >= 0.3 is 6.03 Å². The van der Waals surface area contributed by atoms with Crippen molar-refractivity contribution in [1.82, 2.24) is 15.6 Å². The van der Waals surface area contributed by atoms with E-state index in [1.165, 1.54) is 12.1 Å². The van der Waals surface area contributed by atoms with E-state index in [9.17, 15) is 13.2 Å². The zero-order valence-corrected chi connectivity index (χ0v) is 14.0. The monoisotopic (exact) mass is 349 g/mol. The van der Waals surface area contributed by atoms with Crippen LogP contribution in [0.3, 0.4) is 0 Å². The van der Waals surface area contributed by atoms with E-state index in [2.05, 4.69) is 15.6 Å². The average molecular weight is 349 g/mol. The van der Waals surface area contributed by atoms with E-state index in [4.69, 9.17) is 4.74 Å². The number of amides is 2. The number of rotatable bonds is 7. The smallest absolute Gasteiger partial charge is 0.315 e. The third-order valence-corrected chi connectivity index (χ3v) is 4.24. The topological polar surface area (TPSA) is 97.4 Å². The van der Waals surface area contributed by atoms with Crippen molar-refractivity contribution in [2.75, 3.05) is 19.4 Å². The molecule has 1 heterocycles. The number of nitrogens with one attached hydrogen (secondary N) is 2. The summed E-state index contributed by atoms with van der Waals surface area (Å²) in [5.74, 6) is 0.543. The van der Waals surface area contributed by atoms with E-state index in [1.54, 1.807) is 24.5 Å². The summed E-state index contributed by atoms with van der Waals surface area (Å²) in [5.41, 5.74) is 0.961. The molecule has 0 fully saturated rings. The molecule has 128 valence electrons. The van der Waals surface area contributed by atoms with Gasteiger partial charge < -0.3 is 15.4 Å². The molecular formula is C16H19N3O4S. The van der Waals surface area contributed by atoms with Gasteiger partial charge in [0.05, 0.1) is 11.4 Å². The number of pyridine rings is 1. The Morgan fingerprint density at radius 3 is 2.38 bits per heavy atom. The van der Waals surface area contributed by atoms with Gasteiger partial charge in [0.15, 0.2) is 9.84 Å². The number of hydrogen-bond acceptors (Lipinski definition) is 5. The summed E-state index contributed by atoms with van der Waals surface area (Å²) in [4.78, 5) is 15.8. The molecule has 8 heteroatoms. The van der Waals surface area contributed by atoms with Crippen molar-refractivity contribution in [3.8, 4) is 5.75 Å². The minimum absolute atomic E-state index is 0.239. The first-order chi connectivity index (χ1) is 11.4. The number of carbonyl (C=O) groups is 1. The number of urea groups is 1. The standard InChI is InChI=1S/C16H19N3O4S/c1-24(21,22)15-4-2-14(3-5-15)23-11-10-18-16(20)19-12-13-6-8-17-9-7-13/h2-9H,10-12H2,1H3,(H2,18,19,20). The Morgan fingerprint density at radius 1 is 1.08 bits per heavy atom. The highest BCUT2D eigenvalue weighted by Gasteiger charge is 2.06. The fraction of sp³-hybridized carbons (Fsp3) is 0.250. The number of carbonyl (C=O) groups excluding carboxylic acids is 1. The Balaban J connectivity index is 1.66. The first-order valence-corrected chi connectivity index (χ1v) is 9.18. The second-order valence-electron chi connectivity index (χ2n) is 5.06. The van der Waals surface area contributed by atoms with E-state index in [0.29, 0.717) is 18.8 Å². The van der Waals surface area contributed by atoms with Gasteiger partial charge in [0, 0.05) is 25.2 Å². The van der Waals surface area contributed by atoms with E-state index in [-0.39, 0.29) is 17.5 Å². The zero-order chi connectivity index (χ0) is 17.4. The highest BCUT2D eigenvalue weighted by molar-refractivity contribution is 7.90. The lowest BCUT2D eigenvalue weighted by Gasteiger charge is -2.09. The molecule has 0 aliphatic carbocycles. The van der Waals surface area contributed by atoms with Crippen LogP contribution in [0.2, 0.25) is 0 Å². The summed E-state index contributed by atoms with van der Waals surface area (Å²) in [6, 6.07) is 9.49. The van der Waals surface area contributed by atoms with E-state index in [0.717, 1.165) is 11.8 Å². The molecule has 24 heavy (non-hydrogen) atoms. The van der Waals surface area contributed by atoms with Crippen molar-refractivity contribution >= 4 is 15.9 Å². The largest absolute Gasteiger partial charge is 0.492 e. The van der Waals surface area contributed by atoms with Crippen LogP contribution < -0.4 is 15.4 Å². The molecule has 0 aliphatic heterocycles. The third-order valence-electron chi connectivity index (χ3n) is 3.11. The molecule has 2 rings (SSSR count). The van der Waals surface area contributed by atoms with Gasteiger partial charge in [-0.2, -0.15) is 0 Å². The Hall–Kier alpha value is -2.61. The van der Waals surface area contributed by atoms with Gasteiger partial charge in [0.2, 0.25) is 0 Å². The van der Waals surface area contributed by atoms with Crippen LogP contribution in [0.5, 0.6) is 5.75 Å². The average Bonchev–Trinajstić information content (AvgIpc) is 2.57. The van der Waals surface area contributed by atoms with E-state index >= 15 is 0 Å². The predicted octanol–water partition coefficient (Wildman–Crippen LogP) is 1.36. The Labute approximate surface area is 141 Å². The predicted molar refractivity (Wildman–Crippen MR) is 89.5 cm³/mol.